The third-order valence-corrected chi connectivity index (χ3v) is 4.56. The normalized spacial score (nSPS) is 11.3. The number of rotatable bonds is 8. The van der Waals surface area contributed by atoms with Crippen molar-refractivity contribution in [3.63, 3.8) is 0 Å². The molecule has 8 heteroatoms. The molecule has 1 heterocycles. The fraction of sp³-hybridized carbons (Fsp3) is 0.333. The molecular weight excluding hydrogens is 318 g/mol. The Labute approximate surface area is 135 Å². The topological polar surface area (TPSA) is 90.3 Å². The molecule has 23 heavy (non-hydrogen) atoms. The minimum Gasteiger partial charge on any atom is -0.465 e. The predicted molar refractivity (Wildman–Crippen MR) is 85.3 cm³/mol. The highest BCUT2D eigenvalue weighted by atomic mass is 32.2. The number of nitrogens with one attached hydrogen (secondary N) is 1. The van der Waals surface area contributed by atoms with Gasteiger partial charge in [0.15, 0.2) is 0 Å². The van der Waals surface area contributed by atoms with Crippen molar-refractivity contribution in [1.29, 1.82) is 0 Å². The van der Waals surface area contributed by atoms with Gasteiger partial charge in [-0.3, -0.25) is 0 Å². The van der Waals surface area contributed by atoms with Crippen LogP contribution in [0, 0.1) is 0 Å². The van der Waals surface area contributed by atoms with Crippen molar-refractivity contribution < 1.29 is 17.9 Å². The zero-order valence-electron chi connectivity index (χ0n) is 12.8. The monoisotopic (exact) mass is 337 g/mol. The number of aromatic nitrogens is 2. The van der Waals surface area contributed by atoms with Gasteiger partial charge in [-0.1, -0.05) is 12.1 Å². The van der Waals surface area contributed by atoms with E-state index in [1.165, 1.54) is 7.11 Å². The molecule has 1 N–H and O–H groups in total. The lowest BCUT2D eigenvalue weighted by Crippen LogP contribution is -2.26. The molecule has 2 rings (SSSR count). The molecule has 0 radical (unpaired) electrons. The molecule has 0 fully saturated rings. The van der Waals surface area contributed by atoms with E-state index in [2.05, 4.69) is 14.4 Å². The van der Waals surface area contributed by atoms with Gasteiger partial charge < -0.3 is 9.30 Å². The fourth-order valence-corrected chi connectivity index (χ4v) is 3.22. The molecule has 0 saturated carbocycles. The molecule has 124 valence electrons. The summed E-state index contributed by atoms with van der Waals surface area (Å²) in [5, 5.41) is 0. The second kappa shape index (κ2) is 7.89. The lowest BCUT2D eigenvalue weighted by atomic mass is 10.1. The lowest BCUT2D eigenvalue weighted by Gasteiger charge is -2.08. The first-order valence-corrected chi connectivity index (χ1v) is 8.76. The van der Waals surface area contributed by atoms with Crippen LogP contribution in [0.2, 0.25) is 0 Å². The number of benzene rings is 1. The minimum atomic E-state index is -3.41. The van der Waals surface area contributed by atoms with Crippen molar-refractivity contribution in [2.75, 3.05) is 13.7 Å². The lowest BCUT2D eigenvalue weighted by molar-refractivity contribution is 0.0600. The standard InChI is InChI=1S/C15H19N3O4S/c1-22-15(19)14-5-3-13(4-6-14)11-23(20,21)17-7-2-9-18-10-8-16-12-18/h3-6,8,10,12,17H,2,7,9,11H2,1H3. The maximum atomic E-state index is 12.0. The van der Waals surface area contributed by atoms with Crippen molar-refractivity contribution in [2.24, 2.45) is 0 Å². The highest BCUT2D eigenvalue weighted by Crippen LogP contribution is 2.09. The van der Waals surface area contributed by atoms with Crippen LogP contribution in [0.1, 0.15) is 22.3 Å². The molecule has 0 aliphatic heterocycles. The number of esters is 1. The number of ether oxygens (including phenoxy) is 1. The summed E-state index contributed by atoms with van der Waals surface area (Å²) in [6, 6.07) is 6.32. The van der Waals surface area contributed by atoms with Gasteiger partial charge in [-0.15, -0.1) is 0 Å². The summed E-state index contributed by atoms with van der Waals surface area (Å²) >= 11 is 0. The van der Waals surface area contributed by atoms with E-state index >= 15 is 0 Å². The largest absolute Gasteiger partial charge is 0.465 e. The van der Waals surface area contributed by atoms with Gasteiger partial charge in [0.1, 0.15) is 0 Å². The van der Waals surface area contributed by atoms with Crippen molar-refractivity contribution in [2.45, 2.75) is 18.7 Å². The van der Waals surface area contributed by atoms with Crippen LogP contribution >= 0.6 is 0 Å². The van der Waals surface area contributed by atoms with Gasteiger partial charge in [0, 0.05) is 25.5 Å². The SMILES string of the molecule is COC(=O)c1ccc(CS(=O)(=O)NCCCn2ccnc2)cc1. The summed E-state index contributed by atoms with van der Waals surface area (Å²) in [5.74, 6) is -0.573. The van der Waals surface area contributed by atoms with Gasteiger partial charge in [0.05, 0.1) is 24.8 Å². The molecular formula is C15H19N3O4S. The van der Waals surface area contributed by atoms with E-state index < -0.39 is 16.0 Å². The molecule has 1 aromatic heterocycles. The smallest absolute Gasteiger partial charge is 0.337 e. The molecule has 7 nitrogen and oxygen atoms in total. The van der Waals surface area contributed by atoms with Crippen LogP contribution in [0.5, 0.6) is 0 Å². The van der Waals surface area contributed by atoms with Gasteiger partial charge in [-0.25, -0.2) is 22.9 Å². The highest BCUT2D eigenvalue weighted by Gasteiger charge is 2.12. The summed E-state index contributed by atoms with van der Waals surface area (Å²) < 4.78 is 33.1. The van der Waals surface area contributed by atoms with E-state index in [4.69, 9.17) is 0 Å². The van der Waals surface area contributed by atoms with E-state index in [9.17, 15) is 13.2 Å². The van der Waals surface area contributed by atoms with E-state index in [0.29, 0.717) is 30.6 Å². The summed E-state index contributed by atoms with van der Waals surface area (Å²) in [6.45, 7) is 1.07. The first-order valence-electron chi connectivity index (χ1n) is 7.10. The number of imidazole rings is 1. The predicted octanol–water partition coefficient (Wildman–Crippen LogP) is 1.18. The Morgan fingerprint density at radius 2 is 2.04 bits per heavy atom. The number of nitrogens with zero attached hydrogens (tertiary/aromatic N) is 2. The molecule has 1 aromatic carbocycles. The van der Waals surface area contributed by atoms with Crippen LogP contribution in [-0.2, 0) is 27.1 Å². The van der Waals surface area contributed by atoms with Crippen molar-refractivity contribution in [1.82, 2.24) is 14.3 Å². The minimum absolute atomic E-state index is 0.125. The van der Waals surface area contributed by atoms with Gasteiger partial charge in [-0.05, 0) is 24.1 Å². The first kappa shape index (κ1) is 17.2. The Kier molecular flexibility index (Phi) is 5.89. The zero-order chi connectivity index (χ0) is 16.7. The molecule has 0 bridgehead atoms. The molecule has 0 spiro atoms. The average molecular weight is 337 g/mol. The van der Waals surface area contributed by atoms with Gasteiger partial charge in [0.25, 0.3) is 0 Å². The number of hydrogen-bond donors (Lipinski definition) is 1. The number of carbonyl (C=O) groups is 1. The quantitative estimate of drug-likeness (QED) is 0.577. The third kappa shape index (κ3) is 5.50. The maximum Gasteiger partial charge on any atom is 0.337 e. The summed E-state index contributed by atoms with van der Waals surface area (Å²) in [7, 11) is -2.11. The van der Waals surface area contributed by atoms with E-state index in [1.807, 2.05) is 10.8 Å². The van der Waals surface area contributed by atoms with Crippen LogP contribution in [0.4, 0.5) is 0 Å². The van der Waals surface area contributed by atoms with Crippen LogP contribution in [0.3, 0.4) is 0 Å². The third-order valence-electron chi connectivity index (χ3n) is 3.21. The highest BCUT2D eigenvalue weighted by molar-refractivity contribution is 7.88. The number of carbonyl (C=O) groups excluding carboxylic acids is 1. The second-order valence-corrected chi connectivity index (χ2v) is 6.80. The number of hydrogen-bond acceptors (Lipinski definition) is 5. The Bertz CT molecular complexity index is 725. The Morgan fingerprint density at radius 3 is 2.65 bits per heavy atom. The van der Waals surface area contributed by atoms with Crippen LogP contribution in [-0.4, -0.2) is 37.6 Å². The Balaban J connectivity index is 1.81. The zero-order valence-corrected chi connectivity index (χ0v) is 13.6. The van der Waals surface area contributed by atoms with Gasteiger partial charge in [0.2, 0.25) is 10.0 Å². The van der Waals surface area contributed by atoms with Crippen LogP contribution in [0.25, 0.3) is 0 Å². The molecule has 0 aliphatic carbocycles. The summed E-state index contributed by atoms with van der Waals surface area (Å²) in [4.78, 5) is 15.2. The number of methoxy groups -OCH3 is 1. The van der Waals surface area contributed by atoms with Crippen molar-refractivity contribution >= 4 is 16.0 Å². The van der Waals surface area contributed by atoms with Gasteiger partial charge >= 0.3 is 5.97 Å². The average Bonchev–Trinajstić information content (AvgIpc) is 3.04. The summed E-state index contributed by atoms with van der Waals surface area (Å²) in [6.07, 6.45) is 5.88. The Hall–Kier alpha value is -2.19. The number of sulfonamides is 1. The molecule has 0 atom stereocenters. The van der Waals surface area contributed by atoms with Gasteiger partial charge in [-0.2, -0.15) is 0 Å². The van der Waals surface area contributed by atoms with Crippen LogP contribution < -0.4 is 4.72 Å². The van der Waals surface area contributed by atoms with E-state index in [1.54, 1.807) is 36.8 Å². The molecule has 0 saturated heterocycles. The molecule has 2 aromatic rings. The van der Waals surface area contributed by atoms with Crippen LogP contribution in [0.15, 0.2) is 43.0 Å². The fourth-order valence-electron chi connectivity index (χ4n) is 2.03. The first-order chi connectivity index (χ1) is 11.0. The molecule has 0 amide bonds. The van der Waals surface area contributed by atoms with E-state index in [0.717, 1.165) is 0 Å². The van der Waals surface area contributed by atoms with Crippen molar-refractivity contribution in [3.05, 3.63) is 54.1 Å². The summed E-state index contributed by atoms with van der Waals surface area (Å²) in [5.41, 5.74) is 1.00. The molecule has 0 unspecified atom stereocenters. The second-order valence-electron chi connectivity index (χ2n) is 5.00. The van der Waals surface area contributed by atoms with Crippen molar-refractivity contribution in [3.8, 4) is 0 Å². The van der Waals surface area contributed by atoms with E-state index in [-0.39, 0.29) is 5.75 Å². The Morgan fingerprint density at radius 1 is 1.30 bits per heavy atom. The molecule has 0 aliphatic rings. The maximum absolute atomic E-state index is 12.0. The number of aryl methyl sites for hydroxylation is 1.